The van der Waals surface area contributed by atoms with Gasteiger partial charge in [-0.1, -0.05) is 20.3 Å². The summed E-state index contributed by atoms with van der Waals surface area (Å²) in [5.74, 6) is 0.491. The second-order valence-corrected chi connectivity index (χ2v) is 5.54. The first-order valence-corrected chi connectivity index (χ1v) is 6.97. The number of nitrogens with two attached hydrogens (primary N) is 1. The maximum atomic E-state index is 11.6. The van der Waals surface area contributed by atoms with Gasteiger partial charge in [0.2, 0.25) is 5.91 Å². The summed E-state index contributed by atoms with van der Waals surface area (Å²) in [5, 5.41) is 2.77. The van der Waals surface area contributed by atoms with Gasteiger partial charge in [-0.15, -0.1) is 0 Å². The van der Waals surface area contributed by atoms with Crippen LogP contribution in [-0.4, -0.2) is 34.2 Å². The third kappa shape index (κ3) is 5.89. The maximum Gasteiger partial charge on any atom is 0.237 e. The Bertz CT molecular complexity index is 233. The molecule has 4 atom stereocenters. The van der Waals surface area contributed by atoms with Crippen LogP contribution in [0.15, 0.2) is 0 Å². The molecule has 5 heteroatoms. The van der Waals surface area contributed by atoms with Crippen molar-refractivity contribution < 1.29 is 9.00 Å². The Morgan fingerprint density at radius 3 is 2.40 bits per heavy atom. The van der Waals surface area contributed by atoms with Gasteiger partial charge in [0.05, 0.1) is 6.04 Å². The summed E-state index contributed by atoms with van der Waals surface area (Å²) in [4.78, 5) is 11.6. The lowest BCUT2D eigenvalue weighted by atomic mass is 9.99. The van der Waals surface area contributed by atoms with Crippen molar-refractivity contribution in [3.05, 3.63) is 0 Å². The summed E-state index contributed by atoms with van der Waals surface area (Å²) in [7, 11) is -0.893. The molecule has 0 aliphatic heterocycles. The normalized spacial score (nSPS) is 19.0. The van der Waals surface area contributed by atoms with Crippen LogP contribution in [-0.2, 0) is 15.6 Å². The Labute approximate surface area is 94.4 Å². The third-order valence-electron chi connectivity index (χ3n) is 2.43. The van der Waals surface area contributed by atoms with Gasteiger partial charge in [-0.05, 0) is 12.8 Å². The minimum absolute atomic E-state index is 0.0848. The Kier molecular flexibility index (Phi) is 6.76. The molecule has 2 unspecified atom stereocenters. The lowest BCUT2D eigenvalue weighted by Crippen LogP contribution is -2.48. The standard InChI is InChI=1S/C10H22N2O2S/c1-5-7(2)9(11)10(13)12-8(3)6-15(4)14/h7-9H,5-6,11H2,1-4H3,(H,12,13)/t7-,8?,9-,15?/m0/s1. The number of rotatable bonds is 6. The highest BCUT2D eigenvalue weighted by Gasteiger charge is 2.20. The third-order valence-corrected chi connectivity index (χ3v) is 3.40. The van der Waals surface area contributed by atoms with E-state index in [0.717, 1.165) is 6.42 Å². The van der Waals surface area contributed by atoms with Gasteiger partial charge in [0.25, 0.3) is 0 Å². The van der Waals surface area contributed by atoms with Crippen molar-refractivity contribution in [1.29, 1.82) is 0 Å². The predicted molar refractivity (Wildman–Crippen MR) is 64.0 cm³/mol. The van der Waals surface area contributed by atoms with Gasteiger partial charge in [0, 0.05) is 28.9 Å². The highest BCUT2D eigenvalue weighted by atomic mass is 32.2. The molecule has 0 aliphatic rings. The molecule has 0 heterocycles. The molecule has 0 rings (SSSR count). The molecule has 0 saturated carbocycles. The minimum Gasteiger partial charge on any atom is -0.351 e. The van der Waals surface area contributed by atoms with Crippen LogP contribution in [0, 0.1) is 5.92 Å². The monoisotopic (exact) mass is 234 g/mol. The fourth-order valence-corrected chi connectivity index (χ4v) is 2.03. The van der Waals surface area contributed by atoms with Crippen molar-refractivity contribution in [2.45, 2.75) is 39.3 Å². The zero-order valence-electron chi connectivity index (χ0n) is 9.95. The zero-order valence-corrected chi connectivity index (χ0v) is 10.8. The molecular weight excluding hydrogens is 212 g/mol. The van der Waals surface area contributed by atoms with E-state index in [2.05, 4.69) is 5.32 Å². The van der Waals surface area contributed by atoms with Crippen molar-refractivity contribution in [1.82, 2.24) is 5.32 Å². The number of nitrogens with one attached hydrogen (secondary N) is 1. The molecule has 0 radical (unpaired) electrons. The maximum absolute atomic E-state index is 11.6. The fraction of sp³-hybridized carbons (Fsp3) is 0.900. The van der Waals surface area contributed by atoms with E-state index in [-0.39, 0.29) is 17.9 Å². The van der Waals surface area contributed by atoms with E-state index < -0.39 is 16.8 Å². The average molecular weight is 234 g/mol. The van der Waals surface area contributed by atoms with Crippen molar-refractivity contribution in [3.8, 4) is 0 Å². The molecular formula is C10H22N2O2S. The summed E-state index contributed by atoms with van der Waals surface area (Å²) in [6.07, 6.45) is 2.50. The largest absolute Gasteiger partial charge is 0.351 e. The highest BCUT2D eigenvalue weighted by molar-refractivity contribution is 7.84. The molecule has 0 spiro atoms. The van der Waals surface area contributed by atoms with E-state index in [0.29, 0.717) is 5.75 Å². The number of hydrogen-bond donors (Lipinski definition) is 2. The summed E-state index contributed by atoms with van der Waals surface area (Å²) >= 11 is 0. The van der Waals surface area contributed by atoms with Gasteiger partial charge in [0.15, 0.2) is 0 Å². The van der Waals surface area contributed by atoms with E-state index >= 15 is 0 Å². The van der Waals surface area contributed by atoms with Gasteiger partial charge >= 0.3 is 0 Å². The lowest BCUT2D eigenvalue weighted by Gasteiger charge is -2.20. The molecule has 0 saturated heterocycles. The number of hydrogen-bond acceptors (Lipinski definition) is 3. The summed E-state index contributed by atoms with van der Waals surface area (Å²) in [5.41, 5.74) is 5.76. The van der Waals surface area contributed by atoms with E-state index in [9.17, 15) is 9.00 Å². The van der Waals surface area contributed by atoms with E-state index in [4.69, 9.17) is 5.73 Å². The Hall–Kier alpha value is -0.420. The van der Waals surface area contributed by atoms with Crippen LogP contribution in [0.3, 0.4) is 0 Å². The average Bonchev–Trinajstić information content (AvgIpc) is 2.13. The Balaban J connectivity index is 4.06. The summed E-state index contributed by atoms with van der Waals surface area (Å²) in [6.45, 7) is 5.79. The molecule has 3 N–H and O–H groups in total. The van der Waals surface area contributed by atoms with E-state index in [1.54, 1.807) is 6.26 Å². The first-order valence-electron chi connectivity index (χ1n) is 5.24. The lowest BCUT2D eigenvalue weighted by molar-refractivity contribution is -0.123. The van der Waals surface area contributed by atoms with Gasteiger partial charge < -0.3 is 11.1 Å². The highest BCUT2D eigenvalue weighted by Crippen LogP contribution is 2.05. The molecule has 4 nitrogen and oxygen atoms in total. The molecule has 0 aromatic heterocycles. The Morgan fingerprint density at radius 1 is 1.47 bits per heavy atom. The van der Waals surface area contributed by atoms with Crippen molar-refractivity contribution in [3.63, 3.8) is 0 Å². The van der Waals surface area contributed by atoms with Crippen LogP contribution in [0.25, 0.3) is 0 Å². The topological polar surface area (TPSA) is 72.2 Å². The molecule has 0 fully saturated rings. The van der Waals surface area contributed by atoms with Gasteiger partial charge in [-0.25, -0.2) is 0 Å². The zero-order chi connectivity index (χ0) is 12.0. The van der Waals surface area contributed by atoms with Crippen molar-refractivity contribution in [2.24, 2.45) is 11.7 Å². The van der Waals surface area contributed by atoms with Crippen molar-refractivity contribution >= 4 is 16.7 Å². The summed E-state index contributed by atoms with van der Waals surface area (Å²) in [6, 6.07) is -0.554. The van der Waals surface area contributed by atoms with Crippen molar-refractivity contribution in [2.75, 3.05) is 12.0 Å². The number of carbonyl (C=O) groups is 1. The van der Waals surface area contributed by atoms with E-state index in [1.807, 2.05) is 20.8 Å². The smallest absolute Gasteiger partial charge is 0.237 e. The van der Waals surface area contributed by atoms with Gasteiger partial charge in [-0.3, -0.25) is 9.00 Å². The first-order chi connectivity index (χ1) is 6.88. The molecule has 0 aliphatic carbocycles. The van der Waals surface area contributed by atoms with Crippen LogP contribution >= 0.6 is 0 Å². The molecule has 0 aromatic rings. The number of carbonyl (C=O) groups excluding carboxylic acids is 1. The van der Waals surface area contributed by atoms with Gasteiger partial charge in [-0.2, -0.15) is 0 Å². The van der Waals surface area contributed by atoms with Gasteiger partial charge in [0.1, 0.15) is 0 Å². The Morgan fingerprint density at radius 2 is 2.00 bits per heavy atom. The second kappa shape index (κ2) is 6.95. The van der Waals surface area contributed by atoms with Crippen LogP contribution in [0.2, 0.25) is 0 Å². The molecule has 0 bridgehead atoms. The van der Waals surface area contributed by atoms with Crippen LogP contribution < -0.4 is 11.1 Å². The molecule has 1 amide bonds. The molecule has 0 aromatic carbocycles. The fourth-order valence-electron chi connectivity index (χ4n) is 1.25. The molecule has 90 valence electrons. The summed E-state index contributed by atoms with van der Waals surface area (Å²) < 4.78 is 10.9. The van der Waals surface area contributed by atoms with E-state index in [1.165, 1.54) is 0 Å². The van der Waals surface area contributed by atoms with Crippen LogP contribution in [0.5, 0.6) is 0 Å². The number of amides is 1. The predicted octanol–water partition coefficient (Wildman–Crippen LogP) is 0.243. The van der Waals surface area contributed by atoms with Crippen LogP contribution in [0.4, 0.5) is 0 Å². The van der Waals surface area contributed by atoms with Crippen LogP contribution in [0.1, 0.15) is 27.2 Å². The minimum atomic E-state index is -0.893. The SMILES string of the molecule is CC[C@H](C)[C@H](N)C(=O)NC(C)CS(C)=O. The second-order valence-electron chi connectivity index (χ2n) is 4.06. The quantitative estimate of drug-likeness (QED) is 0.691. The first kappa shape index (κ1) is 14.6. The molecule has 15 heavy (non-hydrogen) atoms.